The van der Waals surface area contributed by atoms with Gasteiger partial charge in [-0.15, -0.1) is 0 Å². The lowest BCUT2D eigenvalue weighted by molar-refractivity contribution is -0.144. The Morgan fingerprint density at radius 1 is 1.03 bits per heavy atom. The fraction of sp³-hybridized carbons (Fsp3) is 0.391. The van der Waals surface area contributed by atoms with Crippen LogP contribution in [0.25, 0.3) is 0 Å². The van der Waals surface area contributed by atoms with E-state index in [9.17, 15) is 9.59 Å². The van der Waals surface area contributed by atoms with Gasteiger partial charge in [-0.1, -0.05) is 18.2 Å². The molecule has 162 valence electrons. The lowest BCUT2D eigenvalue weighted by Crippen LogP contribution is -2.32. The van der Waals surface area contributed by atoms with E-state index < -0.39 is 5.97 Å². The van der Waals surface area contributed by atoms with Gasteiger partial charge in [-0.2, -0.15) is 0 Å². The highest BCUT2D eigenvalue weighted by molar-refractivity contribution is 5.87. The van der Waals surface area contributed by atoms with Crippen LogP contribution >= 0.6 is 0 Å². The molecule has 0 radical (unpaired) electrons. The maximum Gasteiger partial charge on any atom is 0.335 e. The van der Waals surface area contributed by atoms with E-state index in [0.717, 1.165) is 24.0 Å². The van der Waals surface area contributed by atoms with Crippen LogP contribution in [0.3, 0.4) is 0 Å². The molecule has 0 fully saturated rings. The summed E-state index contributed by atoms with van der Waals surface area (Å²) >= 11 is 0. The number of esters is 1. The van der Waals surface area contributed by atoms with Gasteiger partial charge in [0.15, 0.2) is 0 Å². The number of benzene rings is 2. The first-order chi connectivity index (χ1) is 14.5. The molecule has 0 saturated heterocycles. The lowest BCUT2D eigenvalue weighted by atomic mass is 10.1. The average molecular weight is 415 g/mol. The Morgan fingerprint density at radius 2 is 1.77 bits per heavy atom. The predicted molar refractivity (Wildman–Crippen MR) is 113 cm³/mol. The van der Waals surface area contributed by atoms with Gasteiger partial charge in [-0.3, -0.25) is 9.69 Å². The summed E-state index contributed by atoms with van der Waals surface area (Å²) in [5, 5.41) is 9.00. The third-order valence-corrected chi connectivity index (χ3v) is 4.69. The van der Waals surface area contributed by atoms with Crippen molar-refractivity contribution >= 4 is 11.9 Å². The number of nitrogens with zero attached hydrogens (tertiary/aromatic N) is 1. The lowest BCUT2D eigenvalue weighted by Gasteiger charge is -2.22. The fourth-order valence-corrected chi connectivity index (χ4v) is 3.15. The number of hydrogen-bond acceptors (Lipinski definition) is 6. The minimum Gasteiger partial charge on any atom is -0.497 e. The van der Waals surface area contributed by atoms with Crippen molar-refractivity contribution in [2.75, 3.05) is 33.9 Å². The number of hydrogen-bond donors (Lipinski definition) is 1. The number of carbonyl (C=O) groups is 2. The standard InChI is InChI=1S/C23H29NO6/c1-4-30-22(25)16-24(15-19-11-12-20(28-2)14-21(19)29-3)13-5-6-17-7-9-18(10-8-17)23(26)27/h7-12,14H,4-6,13,15-16H2,1-3H3,(H,26,27). The van der Waals surface area contributed by atoms with Crippen molar-refractivity contribution in [3.05, 3.63) is 59.2 Å². The highest BCUT2D eigenvalue weighted by Crippen LogP contribution is 2.26. The van der Waals surface area contributed by atoms with Gasteiger partial charge >= 0.3 is 11.9 Å². The summed E-state index contributed by atoms with van der Waals surface area (Å²) in [5.74, 6) is 0.205. The number of carbonyl (C=O) groups excluding carboxylic acids is 1. The van der Waals surface area contributed by atoms with Gasteiger partial charge in [0.1, 0.15) is 11.5 Å². The quantitative estimate of drug-likeness (QED) is 0.532. The molecule has 1 N–H and O–H groups in total. The molecular formula is C23H29NO6. The number of rotatable bonds is 12. The zero-order valence-electron chi connectivity index (χ0n) is 17.7. The van der Waals surface area contributed by atoms with Crippen molar-refractivity contribution in [3.63, 3.8) is 0 Å². The van der Waals surface area contributed by atoms with Crippen LogP contribution in [0.4, 0.5) is 0 Å². The maximum absolute atomic E-state index is 12.1. The molecule has 0 aromatic heterocycles. The third kappa shape index (κ3) is 7.08. The molecule has 0 atom stereocenters. The Morgan fingerprint density at radius 3 is 2.37 bits per heavy atom. The molecule has 0 aliphatic rings. The van der Waals surface area contributed by atoms with Crippen LogP contribution in [0.5, 0.6) is 11.5 Å². The van der Waals surface area contributed by atoms with Gasteiger partial charge in [0.05, 0.1) is 32.9 Å². The SMILES string of the molecule is CCOC(=O)CN(CCCc1ccc(C(=O)O)cc1)Cc1ccc(OC)cc1OC. The molecule has 0 bridgehead atoms. The number of carboxylic acid groups (broad SMARTS) is 1. The van der Waals surface area contributed by atoms with Crippen molar-refractivity contribution in [2.45, 2.75) is 26.3 Å². The van der Waals surface area contributed by atoms with Crippen LogP contribution in [0, 0.1) is 0 Å². The van der Waals surface area contributed by atoms with Gasteiger partial charge in [-0.25, -0.2) is 4.79 Å². The second kappa shape index (κ2) is 11.8. The number of carboxylic acids is 1. The molecule has 7 heteroatoms. The van der Waals surface area contributed by atoms with E-state index in [0.29, 0.717) is 31.2 Å². The summed E-state index contributed by atoms with van der Waals surface area (Å²) in [4.78, 5) is 25.1. The number of ether oxygens (including phenoxy) is 3. The average Bonchev–Trinajstić information content (AvgIpc) is 2.74. The first-order valence-electron chi connectivity index (χ1n) is 9.88. The number of aryl methyl sites for hydroxylation is 1. The van der Waals surface area contributed by atoms with E-state index in [4.69, 9.17) is 19.3 Å². The highest BCUT2D eigenvalue weighted by atomic mass is 16.5. The molecule has 0 spiro atoms. The van der Waals surface area contributed by atoms with Gasteiger partial charge in [0, 0.05) is 18.2 Å². The topological polar surface area (TPSA) is 85.3 Å². The molecule has 30 heavy (non-hydrogen) atoms. The van der Waals surface area contributed by atoms with E-state index in [-0.39, 0.29) is 18.1 Å². The summed E-state index contributed by atoms with van der Waals surface area (Å²) in [6.07, 6.45) is 1.59. The summed E-state index contributed by atoms with van der Waals surface area (Å²) < 4.78 is 15.8. The molecule has 2 rings (SSSR count). The smallest absolute Gasteiger partial charge is 0.335 e. The molecular weight excluding hydrogens is 386 g/mol. The van der Waals surface area contributed by atoms with Crippen LogP contribution in [0.2, 0.25) is 0 Å². The maximum atomic E-state index is 12.1. The van der Waals surface area contributed by atoms with Crippen molar-refractivity contribution < 1.29 is 28.9 Å². The van der Waals surface area contributed by atoms with Crippen molar-refractivity contribution in [2.24, 2.45) is 0 Å². The Labute approximate surface area is 177 Å². The van der Waals surface area contributed by atoms with Crippen LogP contribution < -0.4 is 9.47 Å². The third-order valence-electron chi connectivity index (χ3n) is 4.69. The number of methoxy groups -OCH3 is 2. The normalized spacial score (nSPS) is 10.7. The molecule has 7 nitrogen and oxygen atoms in total. The van der Waals surface area contributed by atoms with E-state index in [1.165, 1.54) is 0 Å². The van der Waals surface area contributed by atoms with Crippen LogP contribution in [-0.4, -0.2) is 55.9 Å². The largest absolute Gasteiger partial charge is 0.497 e. The fourth-order valence-electron chi connectivity index (χ4n) is 3.15. The molecule has 0 aliphatic carbocycles. The highest BCUT2D eigenvalue weighted by Gasteiger charge is 2.15. The Hall–Kier alpha value is -3.06. The molecule has 0 saturated carbocycles. The van der Waals surface area contributed by atoms with Crippen LogP contribution in [0.1, 0.15) is 34.8 Å². The van der Waals surface area contributed by atoms with E-state index in [1.807, 2.05) is 35.2 Å². The van der Waals surface area contributed by atoms with E-state index in [1.54, 1.807) is 33.3 Å². The first kappa shape index (κ1) is 23.2. The summed E-state index contributed by atoms with van der Waals surface area (Å²) in [6, 6.07) is 12.5. The molecule has 0 amide bonds. The van der Waals surface area contributed by atoms with E-state index in [2.05, 4.69) is 0 Å². The molecule has 2 aromatic carbocycles. The summed E-state index contributed by atoms with van der Waals surface area (Å²) in [7, 11) is 3.21. The molecule has 0 heterocycles. The second-order valence-electron chi connectivity index (χ2n) is 6.80. The van der Waals surface area contributed by atoms with Crippen LogP contribution in [-0.2, 0) is 22.5 Å². The zero-order chi connectivity index (χ0) is 21.9. The minimum absolute atomic E-state index is 0.182. The Kier molecular flexibility index (Phi) is 9.15. The molecule has 0 aliphatic heterocycles. The Balaban J connectivity index is 2.03. The van der Waals surface area contributed by atoms with E-state index >= 15 is 0 Å². The monoisotopic (exact) mass is 415 g/mol. The molecule has 0 unspecified atom stereocenters. The van der Waals surface area contributed by atoms with Crippen LogP contribution in [0.15, 0.2) is 42.5 Å². The Bertz CT molecular complexity index is 834. The van der Waals surface area contributed by atoms with Gasteiger partial charge in [0.2, 0.25) is 0 Å². The number of aromatic carboxylic acids is 1. The van der Waals surface area contributed by atoms with Gasteiger partial charge in [-0.05, 0) is 50.1 Å². The van der Waals surface area contributed by atoms with Gasteiger partial charge < -0.3 is 19.3 Å². The second-order valence-corrected chi connectivity index (χ2v) is 6.80. The summed E-state index contributed by atoms with van der Waals surface area (Å²) in [5.41, 5.74) is 2.28. The van der Waals surface area contributed by atoms with Crippen molar-refractivity contribution in [1.29, 1.82) is 0 Å². The van der Waals surface area contributed by atoms with Gasteiger partial charge in [0.25, 0.3) is 0 Å². The minimum atomic E-state index is -0.935. The summed E-state index contributed by atoms with van der Waals surface area (Å²) in [6.45, 7) is 3.52. The van der Waals surface area contributed by atoms with Crippen molar-refractivity contribution in [1.82, 2.24) is 4.90 Å². The van der Waals surface area contributed by atoms with Crippen molar-refractivity contribution in [3.8, 4) is 11.5 Å². The predicted octanol–water partition coefficient (Wildman–Crippen LogP) is 3.40. The zero-order valence-corrected chi connectivity index (χ0v) is 17.7. The first-order valence-corrected chi connectivity index (χ1v) is 9.88. The molecule has 2 aromatic rings.